The second-order valence-corrected chi connectivity index (χ2v) is 10.5. The Hall–Kier alpha value is -2.17. The molecule has 2 aliphatic heterocycles. The number of sulfonamides is 1. The number of nitrogens with zero attached hydrogens (tertiary/aromatic N) is 3. The fraction of sp³-hybridized carbons (Fsp3) is 0.652. The van der Waals surface area contributed by atoms with E-state index in [1.165, 1.54) is 47.8 Å². The van der Waals surface area contributed by atoms with Crippen LogP contribution in [0, 0.1) is 0 Å². The predicted octanol–water partition coefficient (Wildman–Crippen LogP) is 2.14. The smallest absolute Gasteiger partial charge is 0.338 e. The second-order valence-electron chi connectivity index (χ2n) is 8.60. The van der Waals surface area contributed by atoms with Crippen molar-refractivity contribution in [1.29, 1.82) is 0 Å². The first-order chi connectivity index (χ1) is 15.8. The fourth-order valence-electron chi connectivity index (χ4n) is 4.34. The maximum atomic E-state index is 12.9. The summed E-state index contributed by atoms with van der Waals surface area (Å²) in [4.78, 5) is 28.5. The lowest BCUT2D eigenvalue weighted by Gasteiger charge is -2.34. The summed E-state index contributed by atoms with van der Waals surface area (Å²) in [5.74, 6) is -0.480. The molecule has 0 bridgehead atoms. The monoisotopic (exact) mass is 480 g/mol. The van der Waals surface area contributed by atoms with Crippen LogP contribution >= 0.6 is 0 Å². The third kappa shape index (κ3) is 6.68. The summed E-state index contributed by atoms with van der Waals surface area (Å²) in [5, 5.41) is 2.97. The normalized spacial score (nSPS) is 20.4. The van der Waals surface area contributed by atoms with Gasteiger partial charge < -0.3 is 19.9 Å². The number of esters is 1. The van der Waals surface area contributed by atoms with Gasteiger partial charge in [-0.3, -0.25) is 0 Å². The first kappa shape index (κ1) is 25.5. The van der Waals surface area contributed by atoms with Gasteiger partial charge in [0.1, 0.15) is 0 Å². The van der Waals surface area contributed by atoms with E-state index in [2.05, 4.69) is 17.1 Å². The summed E-state index contributed by atoms with van der Waals surface area (Å²) in [7, 11) is -3.69. The summed E-state index contributed by atoms with van der Waals surface area (Å²) < 4.78 is 32.2. The van der Waals surface area contributed by atoms with Gasteiger partial charge in [-0.15, -0.1) is 0 Å². The molecule has 0 aliphatic carbocycles. The number of amides is 2. The number of benzene rings is 1. The molecule has 184 valence electrons. The van der Waals surface area contributed by atoms with Crippen LogP contribution in [0.2, 0.25) is 0 Å². The lowest BCUT2D eigenvalue weighted by Crippen LogP contribution is -2.53. The lowest BCUT2D eigenvalue weighted by atomic mass is 10.0. The number of likely N-dealkylation sites (tertiary alicyclic amines) is 1. The zero-order valence-corrected chi connectivity index (χ0v) is 20.5. The van der Waals surface area contributed by atoms with Crippen molar-refractivity contribution in [2.75, 3.05) is 52.4 Å². The summed E-state index contributed by atoms with van der Waals surface area (Å²) in [6, 6.07) is 6.23. The van der Waals surface area contributed by atoms with Crippen LogP contribution in [-0.4, -0.2) is 93.0 Å². The van der Waals surface area contributed by atoms with Gasteiger partial charge in [0.25, 0.3) is 0 Å². The number of carbonyl (C=O) groups excluding carboxylic acids is 2. The average Bonchev–Trinajstić information content (AvgIpc) is 2.83. The molecule has 2 fully saturated rings. The largest absolute Gasteiger partial charge is 0.462 e. The Kier molecular flexibility index (Phi) is 9.10. The quantitative estimate of drug-likeness (QED) is 0.452. The Balaban J connectivity index is 1.43. The molecule has 0 radical (unpaired) electrons. The van der Waals surface area contributed by atoms with E-state index in [4.69, 9.17) is 4.74 Å². The SMILES string of the molecule is CCOC(=O)c1ccc(S(=O)(=O)N2CCN(C(=O)NCCCN3CCCC[C@@H]3C)CC2)cc1. The molecular weight excluding hydrogens is 444 g/mol. The number of ether oxygens (including phenoxy) is 1. The van der Waals surface area contributed by atoms with E-state index >= 15 is 0 Å². The number of hydrogen-bond acceptors (Lipinski definition) is 6. The van der Waals surface area contributed by atoms with E-state index in [1.807, 2.05) is 0 Å². The molecule has 0 spiro atoms. The highest BCUT2D eigenvalue weighted by molar-refractivity contribution is 7.89. The Morgan fingerprint density at radius 2 is 1.76 bits per heavy atom. The minimum Gasteiger partial charge on any atom is -0.462 e. The summed E-state index contributed by atoms with van der Waals surface area (Å²) >= 11 is 0. The van der Waals surface area contributed by atoms with E-state index in [9.17, 15) is 18.0 Å². The lowest BCUT2D eigenvalue weighted by molar-refractivity contribution is 0.0526. The Morgan fingerprint density at radius 3 is 2.39 bits per heavy atom. The summed E-state index contributed by atoms with van der Waals surface area (Å²) in [5.41, 5.74) is 0.312. The molecule has 1 N–H and O–H groups in total. The number of piperazine rings is 1. The van der Waals surface area contributed by atoms with Crippen LogP contribution in [0.1, 0.15) is 49.9 Å². The van der Waals surface area contributed by atoms with Gasteiger partial charge >= 0.3 is 12.0 Å². The van der Waals surface area contributed by atoms with E-state index in [0.717, 1.165) is 19.5 Å². The molecule has 1 atom stereocenters. The molecule has 2 heterocycles. The first-order valence-corrected chi connectivity index (χ1v) is 13.3. The van der Waals surface area contributed by atoms with Crippen molar-refractivity contribution in [2.45, 2.75) is 50.5 Å². The van der Waals surface area contributed by atoms with Gasteiger partial charge in [-0.2, -0.15) is 4.31 Å². The molecule has 9 nitrogen and oxygen atoms in total. The van der Waals surface area contributed by atoms with Gasteiger partial charge in [-0.1, -0.05) is 6.42 Å². The van der Waals surface area contributed by atoms with E-state index in [1.54, 1.807) is 11.8 Å². The van der Waals surface area contributed by atoms with Crippen molar-refractivity contribution in [2.24, 2.45) is 0 Å². The molecule has 3 rings (SSSR count). The molecule has 33 heavy (non-hydrogen) atoms. The van der Waals surface area contributed by atoms with Crippen LogP contribution in [0.5, 0.6) is 0 Å². The Labute approximate surface area is 197 Å². The van der Waals surface area contributed by atoms with Gasteiger partial charge in [-0.25, -0.2) is 18.0 Å². The number of piperidine rings is 1. The third-order valence-electron chi connectivity index (χ3n) is 6.37. The van der Waals surface area contributed by atoms with Gasteiger partial charge in [0.2, 0.25) is 10.0 Å². The molecule has 10 heteroatoms. The minimum absolute atomic E-state index is 0.125. The number of nitrogens with one attached hydrogen (secondary N) is 1. The van der Waals surface area contributed by atoms with E-state index in [0.29, 0.717) is 31.2 Å². The van der Waals surface area contributed by atoms with Crippen molar-refractivity contribution in [3.05, 3.63) is 29.8 Å². The highest BCUT2D eigenvalue weighted by Crippen LogP contribution is 2.19. The van der Waals surface area contributed by atoms with Gasteiger partial charge in [-0.05, 0) is 63.9 Å². The maximum Gasteiger partial charge on any atom is 0.338 e. The molecule has 2 saturated heterocycles. The van der Waals surface area contributed by atoms with Crippen LogP contribution < -0.4 is 5.32 Å². The van der Waals surface area contributed by atoms with Crippen LogP contribution in [0.3, 0.4) is 0 Å². The average molecular weight is 481 g/mol. The molecular formula is C23H36N4O5S. The van der Waals surface area contributed by atoms with Crippen LogP contribution in [0.4, 0.5) is 4.79 Å². The van der Waals surface area contributed by atoms with Crippen LogP contribution in [0.25, 0.3) is 0 Å². The number of rotatable bonds is 8. The highest BCUT2D eigenvalue weighted by Gasteiger charge is 2.30. The van der Waals surface area contributed by atoms with E-state index < -0.39 is 16.0 Å². The zero-order valence-electron chi connectivity index (χ0n) is 19.7. The number of carbonyl (C=O) groups is 2. The Bertz CT molecular complexity index is 898. The number of urea groups is 1. The van der Waals surface area contributed by atoms with Crippen molar-refractivity contribution in [1.82, 2.24) is 19.4 Å². The zero-order chi connectivity index (χ0) is 23.8. The van der Waals surface area contributed by atoms with Gasteiger partial charge in [0, 0.05) is 45.3 Å². The van der Waals surface area contributed by atoms with Crippen LogP contribution in [0.15, 0.2) is 29.2 Å². The molecule has 0 unspecified atom stereocenters. The predicted molar refractivity (Wildman–Crippen MR) is 126 cm³/mol. The van der Waals surface area contributed by atoms with Gasteiger partial charge in [0.05, 0.1) is 17.1 Å². The fourth-order valence-corrected chi connectivity index (χ4v) is 5.76. The minimum atomic E-state index is -3.69. The van der Waals surface area contributed by atoms with Crippen molar-refractivity contribution >= 4 is 22.0 Å². The van der Waals surface area contributed by atoms with Crippen molar-refractivity contribution in [3.63, 3.8) is 0 Å². The summed E-state index contributed by atoms with van der Waals surface area (Å²) in [6.07, 6.45) is 4.70. The molecule has 0 aromatic heterocycles. The molecule has 2 amide bonds. The molecule has 0 saturated carbocycles. The standard InChI is InChI=1S/C23H36N4O5S/c1-3-32-22(28)20-8-10-21(11-9-20)33(30,31)27-17-15-26(16-18-27)23(29)24-12-6-14-25-13-5-4-7-19(25)2/h8-11,19H,3-7,12-18H2,1-2H3,(H,24,29)/t19-/m0/s1. The third-order valence-corrected chi connectivity index (χ3v) is 8.28. The Morgan fingerprint density at radius 1 is 1.06 bits per heavy atom. The topological polar surface area (TPSA) is 99.3 Å². The molecule has 1 aromatic rings. The van der Waals surface area contributed by atoms with Crippen molar-refractivity contribution in [3.8, 4) is 0 Å². The molecule has 1 aromatic carbocycles. The summed E-state index contributed by atoms with van der Waals surface area (Å²) in [6.45, 7) is 8.14. The second kappa shape index (κ2) is 11.8. The number of hydrogen-bond donors (Lipinski definition) is 1. The molecule has 2 aliphatic rings. The van der Waals surface area contributed by atoms with E-state index in [-0.39, 0.29) is 30.6 Å². The van der Waals surface area contributed by atoms with Gasteiger partial charge in [0.15, 0.2) is 0 Å². The first-order valence-electron chi connectivity index (χ1n) is 11.9. The highest BCUT2D eigenvalue weighted by atomic mass is 32.2. The van der Waals surface area contributed by atoms with Crippen LogP contribution in [-0.2, 0) is 14.8 Å². The van der Waals surface area contributed by atoms with Crippen molar-refractivity contribution < 1.29 is 22.7 Å². The maximum absolute atomic E-state index is 12.9.